The van der Waals surface area contributed by atoms with Gasteiger partial charge in [-0.25, -0.2) is 8.42 Å². The Bertz CT molecular complexity index is 611. The number of β-amino-alcohol motifs (C(OH)–C–C–N with tert-alkyl or cyclic N) is 1. The fraction of sp³-hybridized carbons (Fsp3) is 0.786. The van der Waals surface area contributed by atoms with E-state index in [0.717, 1.165) is 12.8 Å². The molecular weight excluding hydrogens is 306 g/mol. The van der Waals surface area contributed by atoms with Crippen molar-refractivity contribution in [3.63, 3.8) is 0 Å². The van der Waals surface area contributed by atoms with Crippen molar-refractivity contribution in [2.75, 3.05) is 32.7 Å². The standard InChI is InChI=1S/C14H23N3O4S/c1-10-14(11(2)21-15-10)22(19,20)17-7-5-16(6-8-17)9-13(18)12-3-4-12/h12-13,18H,3-9H2,1-2H3/t13-/m1/s1. The SMILES string of the molecule is Cc1noc(C)c1S(=O)(=O)N1CCN(C[C@@H](O)C2CC2)CC1. The predicted molar refractivity (Wildman–Crippen MR) is 79.9 cm³/mol. The molecular formula is C14H23N3O4S. The lowest BCUT2D eigenvalue weighted by atomic mass is 10.2. The van der Waals surface area contributed by atoms with Crippen LogP contribution in [0.3, 0.4) is 0 Å². The first-order chi connectivity index (χ1) is 10.4. The number of rotatable bonds is 5. The summed E-state index contributed by atoms with van der Waals surface area (Å²) in [4.78, 5) is 2.33. The summed E-state index contributed by atoms with van der Waals surface area (Å²) in [5.74, 6) is 0.785. The highest BCUT2D eigenvalue weighted by molar-refractivity contribution is 7.89. The van der Waals surface area contributed by atoms with Crippen LogP contribution < -0.4 is 0 Å². The molecule has 0 spiro atoms. The summed E-state index contributed by atoms with van der Waals surface area (Å²) in [5.41, 5.74) is 0.407. The second-order valence-electron chi connectivity index (χ2n) is 6.26. The molecule has 22 heavy (non-hydrogen) atoms. The maximum Gasteiger partial charge on any atom is 0.248 e. The Morgan fingerprint density at radius 3 is 2.41 bits per heavy atom. The maximum absolute atomic E-state index is 12.7. The summed E-state index contributed by atoms with van der Waals surface area (Å²) in [6.07, 6.45) is 1.95. The average molecular weight is 329 g/mol. The quantitative estimate of drug-likeness (QED) is 0.840. The van der Waals surface area contributed by atoms with Gasteiger partial charge in [-0.1, -0.05) is 5.16 Å². The molecule has 7 nitrogen and oxygen atoms in total. The molecule has 1 atom stereocenters. The Morgan fingerprint density at radius 2 is 1.91 bits per heavy atom. The molecule has 1 aromatic heterocycles. The van der Waals surface area contributed by atoms with Crippen LogP contribution in [0.2, 0.25) is 0 Å². The lowest BCUT2D eigenvalue weighted by molar-refractivity contribution is 0.0782. The number of aliphatic hydroxyl groups is 1. The molecule has 0 unspecified atom stereocenters. The summed E-state index contributed by atoms with van der Waals surface area (Å²) in [6.45, 7) is 6.07. The summed E-state index contributed by atoms with van der Waals surface area (Å²) in [6, 6.07) is 0. The lowest BCUT2D eigenvalue weighted by Gasteiger charge is -2.34. The second-order valence-corrected chi connectivity index (χ2v) is 8.14. The first kappa shape index (κ1) is 15.9. The van der Waals surface area contributed by atoms with E-state index in [9.17, 15) is 13.5 Å². The van der Waals surface area contributed by atoms with Crippen LogP contribution in [0.5, 0.6) is 0 Å². The zero-order chi connectivity index (χ0) is 15.9. The molecule has 1 aliphatic carbocycles. The highest BCUT2D eigenvalue weighted by Gasteiger charge is 2.35. The molecule has 124 valence electrons. The van der Waals surface area contributed by atoms with E-state index in [-0.39, 0.29) is 11.0 Å². The minimum Gasteiger partial charge on any atom is -0.392 e. The van der Waals surface area contributed by atoms with Gasteiger partial charge in [0.2, 0.25) is 10.0 Å². The van der Waals surface area contributed by atoms with Gasteiger partial charge < -0.3 is 9.63 Å². The smallest absolute Gasteiger partial charge is 0.248 e. The zero-order valence-corrected chi connectivity index (χ0v) is 13.8. The van der Waals surface area contributed by atoms with Gasteiger partial charge in [-0.2, -0.15) is 4.31 Å². The first-order valence-corrected chi connectivity index (χ1v) is 9.17. The van der Waals surface area contributed by atoms with Crippen LogP contribution >= 0.6 is 0 Å². The van der Waals surface area contributed by atoms with Gasteiger partial charge in [-0.3, -0.25) is 4.90 Å². The van der Waals surface area contributed by atoms with Crippen molar-refractivity contribution >= 4 is 10.0 Å². The molecule has 1 aromatic rings. The van der Waals surface area contributed by atoms with E-state index in [4.69, 9.17) is 4.52 Å². The number of sulfonamides is 1. The monoisotopic (exact) mass is 329 g/mol. The van der Waals surface area contributed by atoms with Crippen LogP contribution in [0.1, 0.15) is 24.3 Å². The van der Waals surface area contributed by atoms with E-state index in [1.165, 1.54) is 4.31 Å². The highest BCUT2D eigenvalue weighted by Crippen LogP contribution is 2.33. The molecule has 2 heterocycles. The fourth-order valence-corrected chi connectivity index (χ4v) is 4.73. The molecule has 1 N–H and O–H groups in total. The van der Waals surface area contributed by atoms with Crippen molar-refractivity contribution in [2.45, 2.75) is 37.7 Å². The molecule has 1 aliphatic heterocycles. The number of aliphatic hydroxyl groups excluding tert-OH is 1. The van der Waals surface area contributed by atoms with Crippen LogP contribution in [0.25, 0.3) is 0 Å². The van der Waals surface area contributed by atoms with Crippen LogP contribution in [-0.2, 0) is 10.0 Å². The van der Waals surface area contributed by atoms with Crippen LogP contribution in [0.4, 0.5) is 0 Å². The van der Waals surface area contributed by atoms with Crippen molar-refractivity contribution in [1.29, 1.82) is 0 Å². The molecule has 0 amide bonds. The van der Waals surface area contributed by atoms with Crippen molar-refractivity contribution in [2.24, 2.45) is 5.92 Å². The third-order valence-electron chi connectivity index (χ3n) is 4.51. The van der Waals surface area contributed by atoms with Gasteiger partial charge in [0.25, 0.3) is 0 Å². The van der Waals surface area contributed by atoms with E-state index in [1.54, 1.807) is 13.8 Å². The van der Waals surface area contributed by atoms with Gasteiger partial charge >= 0.3 is 0 Å². The molecule has 1 saturated heterocycles. The first-order valence-electron chi connectivity index (χ1n) is 7.73. The van der Waals surface area contributed by atoms with Crippen molar-refractivity contribution in [3.8, 4) is 0 Å². The Labute approximate surface area is 130 Å². The van der Waals surface area contributed by atoms with Crippen molar-refractivity contribution in [1.82, 2.24) is 14.4 Å². The lowest BCUT2D eigenvalue weighted by Crippen LogP contribution is -2.50. The molecule has 1 saturated carbocycles. The number of aryl methyl sites for hydroxylation is 2. The average Bonchev–Trinajstić information content (AvgIpc) is 3.25. The van der Waals surface area contributed by atoms with E-state index >= 15 is 0 Å². The van der Waals surface area contributed by atoms with Gasteiger partial charge in [0.1, 0.15) is 10.6 Å². The number of hydrogen-bond acceptors (Lipinski definition) is 6. The second kappa shape index (κ2) is 5.92. The molecule has 0 aromatic carbocycles. The van der Waals surface area contributed by atoms with Gasteiger partial charge in [0.15, 0.2) is 5.76 Å². The Hall–Kier alpha value is -0.960. The van der Waals surface area contributed by atoms with Crippen LogP contribution in [0, 0.1) is 19.8 Å². The topological polar surface area (TPSA) is 86.9 Å². The van der Waals surface area contributed by atoms with Gasteiger partial charge in [0, 0.05) is 32.7 Å². The molecule has 0 radical (unpaired) electrons. The highest BCUT2D eigenvalue weighted by atomic mass is 32.2. The maximum atomic E-state index is 12.7. The number of piperazine rings is 1. The van der Waals surface area contributed by atoms with Crippen molar-refractivity contribution < 1.29 is 18.0 Å². The van der Waals surface area contributed by atoms with E-state index in [2.05, 4.69) is 10.1 Å². The third-order valence-corrected chi connectivity index (χ3v) is 6.65. The predicted octanol–water partition coefficient (Wildman–Crippen LogP) is 0.369. The minimum absolute atomic E-state index is 0.193. The largest absolute Gasteiger partial charge is 0.392 e. The van der Waals surface area contributed by atoms with Crippen LogP contribution in [-0.4, -0.2) is 66.7 Å². The van der Waals surface area contributed by atoms with Crippen molar-refractivity contribution in [3.05, 3.63) is 11.5 Å². The Morgan fingerprint density at radius 1 is 1.27 bits per heavy atom. The molecule has 8 heteroatoms. The van der Waals surface area contributed by atoms with Gasteiger partial charge in [0.05, 0.1) is 6.10 Å². The third kappa shape index (κ3) is 3.05. The fourth-order valence-electron chi connectivity index (χ4n) is 3.02. The molecule has 3 rings (SSSR count). The summed E-state index contributed by atoms with van der Waals surface area (Å²) in [5, 5.41) is 13.7. The summed E-state index contributed by atoms with van der Waals surface area (Å²) < 4.78 is 31.9. The van der Waals surface area contributed by atoms with Gasteiger partial charge in [-0.05, 0) is 32.6 Å². The van der Waals surface area contributed by atoms with Gasteiger partial charge in [-0.15, -0.1) is 0 Å². The van der Waals surface area contributed by atoms with Crippen LogP contribution in [0.15, 0.2) is 9.42 Å². The van der Waals surface area contributed by atoms with E-state index in [1.807, 2.05) is 0 Å². The Kier molecular flexibility index (Phi) is 4.28. The Balaban J connectivity index is 1.63. The minimum atomic E-state index is -3.55. The number of aromatic nitrogens is 1. The molecule has 2 fully saturated rings. The zero-order valence-electron chi connectivity index (χ0n) is 13.0. The number of hydrogen-bond donors (Lipinski definition) is 1. The van der Waals surface area contributed by atoms with E-state index in [0.29, 0.717) is 50.1 Å². The number of nitrogens with zero attached hydrogens (tertiary/aromatic N) is 3. The summed E-state index contributed by atoms with van der Waals surface area (Å²) >= 11 is 0. The normalized spacial score (nSPS) is 22.9. The molecule has 2 aliphatic rings. The summed E-state index contributed by atoms with van der Waals surface area (Å²) in [7, 11) is -3.55. The van der Waals surface area contributed by atoms with E-state index < -0.39 is 10.0 Å². The molecule has 0 bridgehead atoms.